The molecule has 3 heteroatoms. The maximum Gasteiger partial charge on any atom is 0.119 e. The molecular formula is C17H28N2O. The maximum absolute atomic E-state index is 5.26. The summed E-state index contributed by atoms with van der Waals surface area (Å²) < 4.78 is 5.26. The molecule has 1 heterocycles. The minimum absolute atomic E-state index is 0.529. The van der Waals surface area contributed by atoms with Crippen molar-refractivity contribution in [2.24, 2.45) is 5.92 Å². The number of hydrogen-bond donors (Lipinski definition) is 1. The fourth-order valence-electron chi connectivity index (χ4n) is 3.06. The second kappa shape index (κ2) is 6.98. The smallest absolute Gasteiger partial charge is 0.119 e. The first-order chi connectivity index (χ1) is 9.63. The number of nitrogens with one attached hydrogen (secondary N) is 1. The van der Waals surface area contributed by atoms with Crippen molar-refractivity contribution in [1.29, 1.82) is 0 Å². The van der Waals surface area contributed by atoms with Gasteiger partial charge in [-0.25, -0.2) is 0 Å². The van der Waals surface area contributed by atoms with Gasteiger partial charge in [-0.1, -0.05) is 6.92 Å². The molecule has 112 valence electrons. The average molecular weight is 276 g/mol. The van der Waals surface area contributed by atoms with Crippen LogP contribution in [0.1, 0.15) is 32.3 Å². The van der Waals surface area contributed by atoms with Crippen LogP contribution in [-0.4, -0.2) is 37.7 Å². The van der Waals surface area contributed by atoms with Gasteiger partial charge < -0.3 is 15.0 Å². The first kappa shape index (κ1) is 15.2. The highest BCUT2D eigenvalue weighted by Gasteiger charge is 2.23. The fraction of sp³-hybridized carbons (Fsp3) is 0.647. The summed E-state index contributed by atoms with van der Waals surface area (Å²) in [6, 6.07) is 6.78. The van der Waals surface area contributed by atoms with E-state index < -0.39 is 0 Å². The summed E-state index contributed by atoms with van der Waals surface area (Å²) in [4.78, 5) is 2.54. The van der Waals surface area contributed by atoms with Gasteiger partial charge >= 0.3 is 0 Å². The molecule has 1 N–H and O–H groups in total. The van der Waals surface area contributed by atoms with E-state index >= 15 is 0 Å². The minimum atomic E-state index is 0.529. The largest absolute Gasteiger partial charge is 0.497 e. The molecule has 3 nitrogen and oxygen atoms in total. The summed E-state index contributed by atoms with van der Waals surface area (Å²) >= 11 is 0. The van der Waals surface area contributed by atoms with E-state index in [4.69, 9.17) is 4.74 Å². The van der Waals surface area contributed by atoms with Gasteiger partial charge in [0.2, 0.25) is 0 Å². The van der Waals surface area contributed by atoms with Gasteiger partial charge in [-0.2, -0.15) is 0 Å². The summed E-state index contributed by atoms with van der Waals surface area (Å²) in [6.45, 7) is 10.4. The van der Waals surface area contributed by atoms with Crippen LogP contribution in [0.25, 0.3) is 0 Å². The van der Waals surface area contributed by atoms with Gasteiger partial charge in [-0.15, -0.1) is 0 Å². The van der Waals surface area contributed by atoms with Gasteiger partial charge in [0.25, 0.3) is 0 Å². The zero-order chi connectivity index (χ0) is 14.5. The topological polar surface area (TPSA) is 24.5 Å². The van der Waals surface area contributed by atoms with Crippen LogP contribution in [0.2, 0.25) is 0 Å². The molecule has 20 heavy (non-hydrogen) atoms. The summed E-state index contributed by atoms with van der Waals surface area (Å²) in [7, 11) is 1.71. The number of anilines is 1. The Morgan fingerprint density at radius 3 is 2.60 bits per heavy atom. The van der Waals surface area contributed by atoms with Crippen LogP contribution in [0.3, 0.4) is 0 Å². The number of ether oxygens (including phenoxy) is 1. The van der Waals surface area contributed by atoms with E-state index in [1.807, 2.05) is 6.07 Å². The van der Waals surface area contributed by atoms with E-state index in [1.54, 1.807) is 7.11 Å². The van der Waals surface area contributed by atoms with E-state index in [9.17, 15) is 0 Å². The monoisotopic (exact) mass is 276 g/mol. The van der Waals surface area contributed by atoms with Crippen LogP contribution in [-0.2, 0) is 0 Å². The molecule has 0 aromatic heterocycles. The third kappa shape index (κ3) is 3.66. The summed E-state index contributed by atoms with van der Waals surface area (Å²) in [5, 5.41) is 3.69. The maximum atomic E-state index is 5.26. The van der Waals surface area contributed by atoms with Crippen molar-refractivity contribution < 1.29 is 4.74 Å². The molecule has 0 amide bonds. The third-order valence-electron chi connectivity index (χ3n) is 4.60. The Labute approximate surface area is 123 Å². The molecule has 0 radical (unpaired) electrons. The lowest BCUT2D eigenvalue weighted by Crippen LogP contribution is -2.39. The highest BCUT2D eigenvalue weighted by atomic mass is 16.5. The van der Waals surface area contributed by atoms with Gasteiger partial charge in [-0.3, -0.25) is 0 Å². The Kier molecular flexibility index (Phi) is 5.30. The lowest BCUT2D eigenvalue weighted by Gasteiger charge is -2.35. The van der Waals surface area contributed by atoms with Gasteiger partial charge in [0.15, 0.2) is 0 Å². The number of hydrogen-bond acceptors (Lipinski definition) is 3. The average Bonchev–Trinajstić information content (AvgIpc) is 2.49. The molecule has 1 atom stereocenters. The lowest BCUT2D eigenvalue weighted by molar-refractivity contribution is 0.183. The SMILES string of the molecule is CCN1CCC(C(C)Nc2ccc(OC)cc2C)CC1. The van der Waals surface area contributed by atoms with E-state index in [-0.39, 0.29) is 0 Å². The second-order valence-corrected chi connectivity index (χ2v) is 5.89. The van der Waals surface area contributed by atoms with Crippen LogP contribution in [0.15, 0.2) is 18.2 Å². The number of methoxy groups -OCH3 is 1. The normalized spacial score (nSPS) is 18.8. The zero-order valence-corrected chi connectivity index (χ0v) is 13.3. The molecule has 0 bridgehead atoms. The van der Waals surface area contributed by atoms with Gasteiger partial charge in [0.05, 0.1) is 7.11 Å². The van der Waals surface area contributed by atoms with Crippen molar-refractivity contribution >= 4 is 5.69 Å². The molecule has 1 unspecified atom stereocenters. The van der Waals surface area contributed by atoms with Crippen molar-refractivity contribution in [3.63, 3.8) is 0 Å². The molecule has 2 rings (SSSR count). The Morgan fingerprint density at radius 2 is 2.05 bits per heavy atom. The number of nitrogens with zero attached hydrogens (tertiary/aromatic N) is 1. The van der Waals surface area contributed by atoms with E-state index in [0.717, 1.165) is 11.7 Å². The zero-order valence-electron chi connectivity index (χ0n) is 13.3. The van der Waals surface area contributed by atoms with Crippen molar-refractivity contribution in [2.75, 3.05) is 32.1 Å². The standard InChI is InChI=1S/C17H28N2O/c1-5-19-10-8-15(9-11-19)14(3)18-17-7-6-16(20-4)12-13(17)2/h6-7,12,14-15,18H,5,8-11H2,1-4H3. The lowest BCUT2D eigenvalue weighted by atomic mass is 9.90. The number of likely N-dealkylation sites (tertiary alicyclic amines) is 1. The summed E-state index contributed by atoms with van der Waals surface area (Å²) in [5.41, 5.74) is 2.48. The second-order valence-electron chi connectivity index (χ2n) is 5.89. The van der Waals surface area contributed by atoms with Crippen molar-refractivity contribution in [1.82, 2.24) is 4.90 Å². The van der Waals surface area contributed by atoms with Gasteiger partial charge in [0.1, 0.15) is 5.75 Å². The molecule has 1 aliphatic heterocycles. The predicted octanol–water partition coefficient (Wildman–Crippen LogP) is 3.54. The molecule has 1 aliphatic rings. The van der Waals surface area contributed by atoms with Crippen molar-refractivity contribution in [3.05, 3.63) is 23.8 Å². The Morgan fingerprint density at radius 1 is 1.35 bits per heavy atom. The first-order valence-electron chi connectivity index (χ1n) is 7.77. The minimum Gasteiger partial charge on any atom is -0.497 e. The molecule has 1 aromatic rings. The molecule has 1 fully saturated rings. The van der Waals surface area contributed by atoms with E-state index in [2.05, 4.69) is 43.1 Å². The summed E-state index contributed by atoms with van der Waals surface area (Å²) in [5.74, 6) is 1.70. The Bertz CT molecular complexity index is 425. The molecular weight excluding hydrogens is 248 g/mol. The predicted molar refractivity (Wildman–Crippen MR) is 85.7 cm³/mol. The third-order valence-corrected chi connectivity index (χ3v) is 4.60. The molecule has 1 saturated heterocycles. The van der Waals surface area contributed by atoms with Crippen LogP contribution in [0.5, 0.6) is 5.75 Å². The molecule has 0 aliphatic carbocycles. The fourth-order valence-corrected chi connectivity index (χ4v) is 3.06. The summed E-state index contributed by atoms with van der Waals surface area (Å²) in [6.07, 6.45) is 2.61. The number of piperidine rings is 1. The van der Waals surface area contributed by atoms with Crippen molar-refractivity contribution in [3.8, 4) is 5.75 Å². The highest BCUT2D eigenvalue weighted by Crippen LogP contribution is 2.26. The Hall–Kier alpha value is -1.22. The van der Waals surface area contributed by atoms with Crippen molar-refractivity contribution in [2.45, 2.75) is 39.7 Å². The van der Waals surface area contributed by atoms with Gasteiger partial charge in [-0.05, 0) is 76.0 Å². The first-order valence-corrected chi connectivity index (χ1v) is 7.77. The number of aryl methyl sites for hydroxylation is 1. The quantitative estimate of drug-likeness (QED) is 0.890. The van der Waals surface area contributed by atoms with Crippen LogP contribution >= 0.6 is 0 Å². The van der Waals surface area contributed by atoms with Gasteiger partial charge in [0, 0.05) is 11.7 Å². The molecule has 0 spiro atoms. The van der Waals surface area contributed by atoms with E-state index in [0.29, 0.717) is 6.04 Å². The highest BCUT2D eigenvalue weighted by molar-refractivity contribution is 5.54. The van der Waals surface area contributed by atoms with Crippen LogP contribution in [0, 0.1) is 12.8 Å². The number of rotatable bonds is 5. The number of benzene rings is 1. The van der Waals surface area contributed by atoms with E-state index in [1.165, 1.54) is 43.7 Å². The Balaban J connectivity index is 1.93. The van der Waals surface area contributed by atoms with Crippen LogP contribution < -0.4 is 10.1 Å². The molecule has 0 saturated carbocycles. The molecule has 1 aromatic carbocycles. The van der Waals surface area contributed by atoms with Crippen LogP contribution in [0.4, 0.5) is 5.69 Å².